The van der Waals surface area contributed by atoms with Crippen LogP contribution in [0.4, 0.5) is 5.95 Å². The molecular formula is C14H16N4. The van der Waals surface area contributed by atoms with E-state index in [1.165, 1.54) is 12.8 Å². The molecule has 0 bridgehead atoms. The van der Waals surface area contributed by atoms with Gasteiger partial charge in [-0.2, -0.15) is 0 Å². The number of aromatic nitrogens is 3. The molecule has 2 heterocycles. The third-order valence-corrected chi connectivity index (χ3v) is 3.18. The molecule has 0 unspecified atom stereocenters. The van der Waals surface area contributed by atoms with Gasteiger partial charge in [0.05, 0.1) is 5.69 Å². The fraction of sp³-hybridized carbons (Fsp3) is 0.357. The number of hydrogen-bond donors (Lipinski definition) is 1. The molecule has 0 amide bonds. The molecule has 4 nitrogen and oxygen atoms in total. The van der Waals surface area contributed by atoms with Gasteiger partial charge in [0.15, 0.2) is 0 Å². The molecule has 0 aliphatic heterocycles. The lowest BCUT2D eigenvalue weighted by Crippen LogP contribution is -2.06. The molecule has 0 aromatic carbocycles. The first kappa shape index (κ1) is 11.1. The minimum absolute atomic E-state index is 0.708. The van der Waals surface area contributed by atoms with Crippen LogP contribution in [0, 0.1) is 12.8 Å². The van der Waals surface area contributed by atoms with Crippen molar-refractivity contribution >= 4 is 5.95 Å². The third-order valence-electron chi connectivity index (χ3n) is 3.18. The molecule has 18 heavy (non-hydrogen) atoms. The Hall–Kier alpha value is -1.97. The quantitative estimate of drug-likeness (QED) is 0.892. The van der Waals surface area contributed by atoms with Crippen LogP contribution in [-0.4, -0.2) is 21.5 Å². The molecule has 3 rings (SSSR count). The van der Waals surface area contributed by atoms with E-state index in [2.05, 4.69) is 20.3 Å². The average Bonchev–Trinajstić information content (AvgIpc) is 3.22. The summed E-state index contributed by atoms with van der Waals surface area (Å²) in [6.45, 7) is 3.03. The highest BCUT2D eigenvalue weighted by molar-refractivity contribution is 5.61. The van der Waals surface area contributed by atoms with E-state index < -0.39 is 0 Å². The molecule has 1 N–H and O–H groups in total. The van der Waals surface area contributed by atoms with Crippen LogP contribution in [0.2, 0.25) is 0 Å². The molecule has 92 valence electrons. The van der Waals surface area contributed by atoms with Gasteiger partial charge in [-0.25, -0.2) is 9.97 Å². The first-order chi connectivity index (χ1) is 8.83. The van der Waals surface area contributed by atoms with Crippen molar-refractivity contribution in [3.63, 3.8) is 0 Å². The predicted molar refractivity (Wildman–Crippen MR) is 71.2 cm³/mol. The Bertz CT molecular complexity index is 532. The molecule has 1 saturated carbocycles. The lowest BCUT2D eigenvalue weighted by atomic mass is 10.1. The van der Waals surface area contributed by atoms with E-state index in [1.807, 2.05) is 31.5 Å². The maximum Gasteiger partial charge on any atom is 0.222 e. The van der Waals surface area contributed by atoms with Gasteiger partial charge in [-0.05, 0) is 37.3 Å². The fourth-order valence-electron chi connectivity index (χ4n) is 1.89. The molecule has 1 fully saturated rings. The van der Waals surface area contributed by atoms with Crippen LogP contribution >= 0.6 is 0 Å². The zero-order chi connectivity index (χ0) is 12.4. The maximum absolute atomic E-state index is 4.36. The summed E-state index contributed by atoms with van der Waals surface area (Å²) in [6.07, 6.45) is 8.12. The van der Waals surface area contributed by atoms with E-state index in [-0.39, 0.29) is 0 Å². The summed E-state index contributed by atoms with van der Waals surface area (Å²) in [7, 11) is 0. The van der Waals surface area contributed by atoms with E-state index in [1.54, 1.807) is 6.20 Å². The fourth-order valence-corrected chi connectivity index (χ4v) is 1.89. The molecule has 0 spiro atoms. The molecule has 4 heteroatoms. The molecule has 1 aliphatic carbocycles. The number of hydrogen-bond acceptors (Lipinski definition) is 4. The highest BCUT2D eigenvalue weighted by Gasteiger charge is 2.20. The second-order valence-electron chi connectivity index (χ2n) is 4.79. The zero-order valence-electron chi connectivity index (χ0n) is 10.4. The van der Waals surface area contributed by atoms with E-state index in [0.29, 0.717) is 5.95 Å². The SMILES string of the molecule is Cc1cccnc1-c1cnc(NCC2CC2)nc1. The number of nitrogens with zero attached hydrogens (tertiary/aromatic N) is 3. The van der Waals surface area contributed by atoms with Crippen LogP contribution in [0.15, 0.2) is 30.7 Å². The second kappa shape index (κ2) is 4.72. The van der Waals surface area contributed by atoms with Crippen molar-refractivity contribution in [2.45, 2.75) is 19.8 Å². The van der Waals surface area contributed by atoms with Crippen molar-refractivity contribution in [2.75, 3.05) is 11.9 Å². The van der Waals surface area contributed by atoms with E-state index in [9.17, 15) is 0 Å². The predicted octanol–water partition coefficient (Wildman–Crippen LogP) is 2.67. The molecule has 0 atom stereocenters. The zero-order valence-corrected chi connectivity index (χ0v) is 10.4. The van der Waals surface area contributed by atoms with Gasteiger partial charge in [0, 0.05) is 30.7 Å². The number of pyridine rings is 1. The monoisotopic (exact) mass is 240 g/mol. The van der Waals surface area contributed by atoms with Crippen molar-refractivity contribution in [1.82, 2.24) is 15.0 Å². The smallest absolute Gasteiger partial charge is 0.222 e. The van der Waals surface area contributed by atoms with Crippen LogP contribution < -0.4 is 5.32 Å². The van der Waals surface area contributed by atoms with Crippen molar-refractivity contribution in [1.29, 1.82) is 0 Å². The Labute approximate surface area is 107 Å². The second-order valence-corrected chi connectivity index (χ2v) is 4.79. The van der Waals surface area contributed by atoms with Crippen molar-refractivity contribution in [3.8, 4) is 11.3 Å². The van der Waals surface area contributed by atoms with E-state index in [0.717, 1.165) is 29.3 Å². The summed E-state index contributed by atoms with van der Waals surface area (Å²) in [5, 5.41) is 3.26. The normalized spacial score (nSPS) is 14.5. The minimum atomic E-state index is 0.708. The standard InChI is InChI=1S/C14H16N4/c1-10-3-2-6-15-13(10)12-8-17-14(18-9-12)16-7-11-4-5-11/h2-3,6,8-9,11H,4-5,7H2,1H3,(H,16,17,18). The Morgan fingerprint density at radius 2 is 2.00 bits per heavy atom. The van der Waals surface area contributed by atoms with Crippen LogP contribution in [0.25, 0.3) is 11.3 Å². The topological polar surface area (TPSA) is 50.7 Å². The Kier molecular flexibility index (Phi) is 2.92. The lowest BCUT2D eigenvalue weighted by molar-refractivity contribution is 0.873. The van der Waals surface area contributed by atoms with Crippen LogP contribution in [0.3, 0.4) is 0 Å². The summed E-state index contributed by atoms with van der Waals surface area (Å²) in [6, 6.07) is 3.98. The first-order valence-corrected chi connectivity index (χ1v) is 6.31. The number of aryl methyl sites for hydroxylation is 1. The van der Waals surface area contributed by atoms with Gasteiger partial charge in [-0.3, -0.25) is 4.98 Å². The van der Waals surface area contributed by atoms with Gasteiger partial charge in [0.2, 0.25) is 5.95 Å². The van der Waals surface area contributed by atoms with Gasteiger partial charge in [-0.15, -0.1) is 0 Å². The third kappa shape index (κ3) is 2.47. The Balaban J connectivity index is 1.75. The Morgan fingerprint density at radius 3 is 2.67 bits per heavy atom. The molecule has 2 aromatic rings. The minimum Gasteiger partial charge on any atom is -0.354 e. The molecule has 1 aliphatic rings. The van der Waals surface area contributed by atoms with Crippen LogP contribution in [-0.2, 0) is 0 Å². The first-order valence-electron chi connectivity index (χ1n) is 6.31. The average molecular weight is 240 g/mol. The molecule has 2 aromatic heterocycles. The number of anilines is 1. The number of rotatable bonds is 4. The van der Waals surface area contributed by atoms with Gasteiger partial charge in [0.1, 0.15) is 0 Å². The van der Waals surface area contributed by atoms with Gasteiger partial charge in [0.25, 0.3) is 0 Å². The summed E-state index contributed by atoms with van der Waals surface area (Å²) in [4.78, 5) is 13.0. The summed E-state index contributed by atoms with van der Waals surface area (Å²) >= 11 is 0. The highest BCUT2D eigenvalue weighted by atomic mass is 15.1. The highest BCUT2D eigenvalue weighted by Crippen LogP contribution is 2.28. The molecule has 0 saturated heterocycles. The van der Waals surface area contributed by atoms with Crippen LogP contribution in [0.1, 0.15) is 18.4 Å². The maximum atomic E-state index is 4.36. The Morgan fingerprint density at radius 1 is 1.22 bits per heavy atom. The molecule has 0 radical (unpaired) electrons. The summed E-state index contributed by atoms with van der Waals surface area (Å²) < 4.78 is 0. The van der Waals surface area contributed by atoms with Crippen molar-refractivity contribution in [3.05, 3.63) is 36.3 Å². The summed E-state index contributed by atoms with van der Waals surface area (Å²) in [5.74, 6) is 1.53. The van der Waals surface area contributed by atoms with Gasteiger partial charge < -0.3 is 5.32 Å². The molecular weight excluding hydrogens is 224 g/mol. The number of nitrogens with one attached hydrogen (secondary N) is 1. The largest absolute Gasteiger partial charge is 0.354 e. The van der Waals surface area contributed by atoms with Crippen molar-refractivity contribution < 1.29 is 0 Å². The van der Waals surface area contributed by atoms with Gasteiger partial charge >= 0.3 is 0 Å². The van der Waals surface area contributed by atoms with E-state index in [4.69, 9.17) is 0 Å². The summed E-state index contributed by atoms with van der Waals surface area (Å²) in [5.41, 5.74) is 3.05. The lowest BCUT2D eigenvalue weighted by Gasteiger charge is -2.06. The van der Waals surface area contributed by atoms with Gasteiger partial charge in [-0.1, -0.05) is 6.07 Å². The van der Waals surface area contributed by atoms with Crippen molar-refractivity contribution in [2.24, 2.45) is 5.92 Å². The van der Waals surface area contributed by atoms with E-state index >= 15 is 0 Å². The van der Waals surface area contributed by atoms with Crippen LogP contribution in [0.5, 0.6) is 0 Å².